The Morgan fingerprint density at radius 3 is 1.38 bits per heavy atom. The lowest BCUT2D eigenvalue weighted by molar-refractivity contribution is 0.592. The second kappa shape index (κ2) is 8.11. The Balaban J connectivity index is 1.70. The summed E-state index contributed by atoms with van der Waals surface area (Å²) in [6, 6.07) is 27.0. The Labute approximate surface area is 144 Å². The lowest BCUT2D eigenvalue weighted by Gasteiger charge is -1.97. The maximum atomic E-state index is 12.5. The van der Waals surface area contributed by atoms with Crippen molar-refractivity contribution in [2.24, 2.45) is 0 Å². The molecule has 0 bridgehead atoms. The van der Waals surface area contributed by atoms with Gasteiger partial charge in [-0.3, -0.25) is 0 Å². The minimum Gasteiger partial charge on any atom is -0.0677 e. The summed E-state index contributed by atoms with van der Waals surface area (Å²) >= 11 is 0. The zero-order chi connectivity index (χ0) is 16.8. The van der Waals surface area contributed by atoms with Crippen LogP contribution in [0.1, 0.15) is 11.1 Å². The first-order valence-electron chi connectivity index (χ1n) is 7.79. The van der Waals surface area contributed by atoms with Crippen molar-refractivity contribution in [2.75, 3.05) is 0 Å². The summed E-state index contributed by atoms with van der Waals surface area (Å²) in [4.78, 5) is 0. The van der Waals surface area contributed by atoms with Gasteiger partial charge < -0.3 is 0 Å². The van der Waals surface area contributed by atoms with Gasteiger partial charge in [0.2, 0.25) is 0 Å². The van der Waals surface area contributed by atoms with Crippen LogP contribution in [-0.4, -0.2) is 0 Å². The molecule has 2 nitrogen and oxygen atoms in total. The third kappa shape index (κ3) is 4.45. The molecule has 2 atom stereocenters. The fourth-order valence-corrected chi connectivity index (χ4v) is 4.96. The average Bonchev–Trinajstić information content (AvgIpc) is 2.63. The molecule has 3 rings (SSSR count). The predicted molar refractivity (Wildman–Crippen MR) is 101 cm³/mol. The molecule has 118 valence electrons. The van der Waals surface area contributed by atoms with Crippen molar-refractivity contribution in [3.8, 4) is 0 Å². The molecule has 4 heteroatoms. The molecule has 0 aliphatic carbocycles. The number of hydrogen-bond acceptors (Lipinski definition) is 2. The SMILES string of the molecule is O=[P+](Cc1cccc(C[P+](=O)c2ccccc2)c1)c1ccccc1. The lowest BCUT2D eigenvalue weighted by atomic mass is 10.2. The van der Waals surface area contributed by atoms with E-state index >= 15 is 0 Å². The maximum absolute atomic E-state index is 12.5. The molecule has 24 heavy (non-hydrogen) atoms. The van der Waals surface area contributed by atoms with Gasteiger partial charge in [-0.1, -0.05) is 63.7 Å². The smallest absolute Gasteiger partial charge is 0.0677 e. The van der Waals surface area contributed by atoms with E-state index in [4.69, 9.17) is 0 Å². The minimum atomic E-state index is -1.45. The van der Waals surface area contributed by atoms with Gasteiger partial charge in [-0.05, 0) is 30.3 Å². The van der Waals surface area contributed by atoms with Gasteiger partial charge in [-0.25, -0.2) is 0 Å². The van der Waals surface area contributed by atoms with E-state index < -0.39 is 15.6 Å². The third-order valence-electron chi connectivity index (χ3n) is 3.73. The summed E-state index contributed by atoms with van der Waals surface area (Å²) in [6.45, 7) is 0. The molecule has 0 amide bonds. The predicted octanol–water partition coefficient (Wildman–Crippen LogP) is 4.99. The van der Waals surface area contributed by atoms with Gasteiger partial charge in [0.25, 0.3) is 0 Å². The van der Waals surface area contributed by atoms with Crippen LogP contribution in [0.25, 0.3) is 0 Å². The van der Waals surface area contributed by atoms with Crippen molar-refractivity contribution in [3.63, 3.8) is 0 Å². The number of hydrogen-bond donors (Lipinski definition) is 0. The van der Waals surface area contributed by atoms with E-state index in [0.717, 1.165) is 21.7 Å². The van der Waals surface area contributed by atoms with E-state index in [1.54, 1.807) is 0 Å². The first-order valence-corrected chi connectivity index (χ1v) is 10.7. The topological polar surface area (TPSA) is 34.1 Å². The highest BCUT2D eigenvalue weighted by Crippen LogP contribution is 2.29. The molecule has 0 saturated heterocycles. The highest BCUT2D eigenvalue weighted by molar-refractivity contribution is 7.53. The van der Waals surface area contributed by atoms with Crippen molar-refractivity contribution < 1.29 is 9.13 Å². The van der Waals surface area contributed by atoms with Crippen LogP contribution in [0.3, 0.4) is 0 Å². The van der Waals surface area contributed by atoms with Gasteiger partial charge in [0.15, 0.2) is 22.9 Å². The molecular formula is C20H18O2P2+2. The molecule has 0 fully saturated rings. The second-order valence-electron chi connectivity index (χ2n) is 5.56. The zero-order valence-electron chi connectivity index (χ0n) is 13.2. The van der Waals surface area contributed by atoms with Crippen molar-refractivity contribution in [1.82, 2.24) is 0 Å². The van der Waals surface area contributed by atoms with Crippen LogP contribution in [0.4, 0.5) is 0 Å². The van der Waals surface area contributed by atoms with Crippen LogP contribution in [0.5, 0.6) is 0 Å². The molecule has 2 unspecified atom stereocenters. The molecule has 3 aromatic carbocycles. The molecule has 0 spiro atoms. The molecular weight excluding hydrogens is 334 g/mol. The number of rotatable bonds is 6. The quantitative estimate of drug-likeness (QED) is 0.586. The largest absolute Gasteiger partial charge is 0.381 e. The van der Waals surface area contributed by atoms with E-state index in [-0.39, 0.29) is 0 Å². The first kappa shape index (κ1) is 16.7. The Bertz CT molecular complexity index is 777. The highest BCUT2D eigenvalue weighted by Gasteiger charge is 2.22. The summed E-state index contributed by atoms with van der Waals surface area (Å²) in [5.41, 5.74) is 2.04. The van der Waals surface area contributed by atoms with Crippen LogP contribution in [0.15, 0.2) is 84.9 Å². The van der Waals surface area contributed by atoms with E-state index in [9.17, 15) is 9.13 Å². The van der Waals surface area contributed by atoms with Crippen molar-refractivity contribution >= 4 is 26.2 Å². The molecule has 0 heterocycles. The molecule has 0 N–H and O–H groups in total. The van der Waals surface area contributed by atoms with Gasteiger partial charge in [0.1, 0.15) is 0 Å². The minimum absolute atomic E-state index is 0.509. The molecule has 0 radical (unpaired) electrons. The molecule has 0 aliphatic rings. The van der Waals surface area contributed by atoms with Crippen LogP contribution < -0.4 is 10.6 Å². The Kier molecular flexibility index (Phi) is 5.64. The van der Waals surface area contributed by atoms with Crippen molar-refractivity contribution in [3.05, 3.63) is 96.1 Å². The standard InChI is InChI=1S/C20H18O2P2/c21-23(19-10-3-1-4-11-19)15-17-8-7-9-18(14-17)16-24(22)20-12-5-2-6-13-20/h1-14H,15-16H2/q+2. The zero-order valence-corrected chi connectivity index (χ0v) is 15.0. The lowest BCUT2D eigenvalue weighted by Crippen LogP contribution is -1.98. The van der Waals surface area contributed by atoms with Crippen LogP contribution in [0, 0.1) is 0 Å². The second-order valence-corrected chi connectivity index (χ2v) is 8.74. The molecule has 3 aromatic rings. The van der Waals surface area contributed by atoms with E-state index in [2.05, 4.69) is 0 Å². The van der Waals surface area contributed by atoms with Crippen LogP contribution in [-0.2, 0) is 21.5 Å². The van der Waals surface area contributed by atoms with E-state index in [1.165, 1.54) is 0 Å². The number of benzene rings is 3. The Morgan fingerprint density at radius 1 is 0.542 bits per heavy atom. The summed E-state index contributed by atoms with van der Waals surface area (Å²) in [6.07, 6.45) is 1.02. The van der Waals surface area contributed by atoms with Crippen LogP contribution in [0.2, 0.25) is 0 Å². The maximum Gasteiger partial charge on any atom is 0.381 e. The fourth-order valence-electron chi connectivity index (χ4n) is 2.53. The molecule has 0 saturated carbocycles. The van der Waals surface area contributed by atoms with Gasteiger partial charge in [0, 0.05) is 11.1 Å². The average molecular weight is 352 g/mol. The summed E-state index contributed by atoms with van der Waals surface area (Å²) in [5.74, 6) is 0. The summed E-state index contributed by atoms with van der Waals surface area (Å²) < 4.78 is 24.9. The summed E-state index contributed by atoms with van der Waals surface area (Å²) in [7, 11) is -2.90. The van der Waals surface area contributed by atoms with E-state index in [0.29, 0.717) is 12.3 Å². The van der Waals surface area contributed by atoms with Gasteiger partial charge >= 0.3 is 15.6 Å². The molecule has 0 aliphatic heterocycles. The van der Waals surface area contributed by atoms with Crippen LogP contribution >= 0.6 is 15.6 Å². The third-order valence-corrected chi connectivity index (χ3v) is 6.79. The van der Waals surface area contributed by atoms with E-state index in [1.807, 2.05) is 84.9 Å². The van der Waals surface area contributed by atoms with Crippen molar-refractivity contribution in [2.45, 2.75) is 12.3 Å². The fraction of sp³-hybridized carbons (Fsp3) is 0.100. The highest BCUT2D eigenvalue weighted by atomic mass is 31.1. The summed E-state index contributed by atoms with van der Waals surface area (Å²) in [5, 5.41) is 1.74. The Morgan fingerprint density at radius 2 is 0.958 bits per heavy atom. The van der Waals surface area contributed by atoms with Gasteiger partial charge in [0.05, 0.1) is 0 Å². The normalized spacial score (nSPS) is 11.8. The van der Waals surface area contributed by atoms with Gasteiger partial charge in [-0.15, -0.1) is 0 Å². The monoisotopic (exact) mass is 352 g/mol. The molecule has 0 aromatic heterocycles. The first-order chi connectivity index (χ1) is 11.7. The Hall–Kier alpha value is -2.14. The van der Waals surface area contributed by atoms with Crippen molar-refractivity contribution in [1.29, 1.82) is 0 Å². The van der Waals surface area contributed by atoms with Gasteiger partial charge in [-0.2, -0.15) is 0 Å².